The van der Waals surface area contributed by atoms with Gasteiger partial charge in [-0.3, -0.25) is 13.9 Å². The van der Waals surface area contributed by atoms with Gasteiger partial charge in [0.2, 0.25) is 10.0 Å². The van der Waals surface area contributed by atoms with Gasteiger partial charge in [-0.15, -0.1) is 0 Å². The lowest BCUT2D eigenvalue weighted by Gasteiger charge is -2.19. The van der Waals surface area contributed by atoms with Crippen molar-refractivity contribution in [3.8, 4) is 0 Å². The van der Waals surface area contributed by atoms with Gasteiger partial charge in [-0.25, -0.2) is 12.8 Å². The predicted octanol–water partition coefficient (Wildman–Crippen LogP) is 2.32. The fraction of sp³-hybridized carbons (Fsp3) is 0.263. The number of sulfonamides is 1. The zero-order valence-corrected chi connectivity index (χ0v) is 16.9. The summed E-state index contributed by atoms with van der Waals surface area (Å²) >= 11 is 6.12. The van der Waals surface area contributed by atoms with E-state index >= 15 is 0 Å². The second-order valence-corrected chi connectivity index (χ2v) is 8.91. The molecule has 10 heteroatoms. The molecule has 1 fully saturated rings. The third-order valence-electron chi connectivity index (χ3n) is 4.39. The van der Waals surface area contributed by atoms with Gasteiger partial charge in [-0.05, 0) is 48.7 Å². The van der Waals surface area contributed by atoms with Crippen LogP contribution in [-0.4, -0.2) is 39.1 Å². The Morgan fingerprint density at radius 1 is 1.10 bits per heavy atom. The van der Waals surface area contributed by atoms with Crippen LogP contribution in [0.25, 0.3) is 0 Å². The van der Waals surface area contributed by atoms with Crippen molar-refractivity contribution in [1.29, 1.82) is 0 Å². The zero-order valence-electron chi connectivity index (χ0n) is 15.3. The molecule has 0 unspecified atom stereocenters. The maximum atomic E-state index is 12.9. The number of carbonyl (C=O) groups excluding carboxylic acids is 2. The predicted molar refractivity (Wildman–Crippen MR) is 109 cm³/mol. The first-order chi connectivity index (χ1) is 13.8. The van der Waals surface area contributed by atoms with Gasteiger partial charge in [0.1, 0.15) is 5.82 Å². The summed E-state index contributed by atoms with van der Waals surface area (Å²) in [5.74, 6) is -2.03. The van der Waals surface area contributed by atoms with E-state index in [1.807, 2.05) is 0 Å². The van der Waals surface area contributed by atoms with Crippen molar-refractivity contribution >= 4 is 44.8 Å². The highest BCUT2D eigenvalue weighted by atomic mass is 35.5. The van der Waals surface area contributed by atoms with Gasteiger partial charge in [0.15, 0.2) is 0 Å². The minimum Gasteiger partial charge on any atom is -0.347 e. The Balaban J connectivity index is 1.59. The average molecular weight is 440 g/mol. The van der Waals surface area contributed by atoms with Crippen molar-refractivity contribution in [2.75, 3.05) is 28.5 Å². The van der Waals surface area contributed by atoms with Crippen LogP contribution in [0.4, 0.5) is 15.8 Å². The van der Waals surface area contributed by atoms with Gasteiger partial charge < -0.3 is 10.6 Å². The quantitative estimate of drug-likeness (QED) is 0.699. The Morgan fingerprint density at radius 3 is 2.48 bits per heavy atom. The number of rotatable bonds is 5. The molecule has 3 rings (SSSR count). The number of hydrogen-bond acceptors (Lipinski definition) is 4. The molecule has 2 amide bonds. The van der Waals surface area contributed by atoms with Crippen LogP contribution in [-0.2, 0) is 26.0 Å². The van der Waals surface area contributed by atoms with Gasteiger partial charge >= 0.3 is 11.8 Å². The summed E-state index contributed by atoms with van der Waals surface area (Å²) in [6.45, 7) is 0.513. The molecule has 2 aromatic rings. The van der Waals surface area contributed by atoms with Crippen LogP contribution in [0.2, 0.25) is 5.02 Å². The van der Waals surface area contributed by atoms with Gasteiger partial charge in [-0.2, -0.15) is 0 Å². The molecule has 1 saturated heterocycles. The monoisotopic (exact) mass is 439 g/mol. The first kappa shape index (κ1) is 21.1. The maximum absolute atomic E-state index is 12.9. The third-order valence-corrected chi connectivity index (χ3v) is 6.57. The molecule has 2 N–H and O–H groups in total. The summed E-state index contributed by atoms with van der Waals surface area (Å²) in [7, 11) is -3.43. The van der Waals surface area contributed by atoms with E-state index in [0.29, 0.717) is 19.4 Å². The minimum absolute atomic E-state index is 0.0381. The lowest BCUT2D eigenvalue weighted by Crippen LogP contribution is -2.36. The Morgan fingerprint density at radius 2 is 1.83 bits per heavy atom. The van der Waals surface area contributed by atoms with Crippen LogP contribution in [0, 0.1) is 5.82 Å². The van der Waals surface area contributed by atoms with E-state index < -0.39 is 21.8 Å². The fourth-order valence-electron chi connectivity index (χ4n) is 2.93. The van der Waals surface area contributed by atoms with Crippen LogP contribution in [0.1, 0.15) is 12.0 Å². The second kappa shape index (κ2) is 8.79. The van der Waals surface area contributed by atoms with E-state index in [-0.39, 0.29) is 34.5 Å². The minimum atomic E-state index is -3.43. The highest BCUT2D eigenvalue weighted by Gasteiger charge is 2.30. The molecule has 2 aromatic carbocycles. The van der Waals surface area contributed by atoms with Gasteiger partial charge in [0.05, 0.1) is 16.5 Å². The van der Waals surface area contributed by atoms with Crippen molar-refractivity contribution in [3.05, 3.63) is 58.9 Å². The first-order valence-electron chi connectivity index (χ1n) is 8.90. The van der Waals surface area contributed by atoms with Gasteiger partial charge in [-0.1, -0.05) is 23.7 Å². The number of nitrogens with one attached hydrogen (secondary N) is 2. The summed E-state index contributed by atoms with van der Waals surface area (Å²) in [6, 6.07) is 10.2. The molecule has 0 saturated carbocycles. The number of halogens is 2. The molecular formula is C19H19ClFN3O4S. The van der Waals surface area contributed by atoms with E-state index in [1.165, 1.54) is 34.6 Å². The van der Waals surface area contributed by atoms with Crippen molar-refractivity contribution in [2.45, 2.75) is 12.8 Å². The van der Waals surface area contributed by atoms with Crippen molar-refractivity contribution in [1.82, 2.24) is 5.32 Å². The largest absolute Gasteiger partial charge is 0.347 e. The van der Waals surface area contributed by atoms with E-state index in [2.05, 4.69) is 10.6 Å². The Bertz CT molecular complexity index is 1030. The van der Waals surface area contributed by atoms with E-state index in [9.17, 15) is 22.4 Å². The van der Waals surface area contributed by atoms with Crippen molar-refractivity contribution in [3.63, 3.8) is 0 Å². The van der Waals surface area contributed by atoms with E-state index in [1.54, 1.807) is 12.1 Å². The van der Waals surface area contributed by atoms with E-state index in [0.717, 1.165) is 5.56 Å². The Labute approximate surface area is 172 Å². The van der Waals surface area contributed by atoms with Crippen LogP contribution in [0.15, 0.2) is 42.5 Å². The molecule has 0 aromatic heterocycles. The molecule has 29 heavy (non-hydrogen) atoms. The molecular weight excluding hydrogens is 421 g/mol. The Hall–Kier alpha value is -2.65. The normalized spacial score (nSPS) is 15.2. The van der Waals surface area contributed by atoms with Crippen LogP contribution < -0.4 is 14.9 Å². The number of benzene rings is 2. The molecule has 1 heterocycles. The van der Waals surface area contributed by atoms with Gasteiger partial charge in [0, 0.05) is 18.8 Å². The summed E-state index contributed by atoms with van der Waals surface area (Å²) in [6.07, 6.45) is 0.933. The topological polar surface area (TPSA) is 95.6 Å². The highest BCUT2D eigenvalue weighted by Crippen LogP contribution is 2.33. The van der Waals surface area contributed by atoms with Gasteiger partial charge in [0.25, 0.3) is 0 Å². The van der Waals surface area contributed by atoms with E-state index in [4.69, 9.17) is 11.6 Å². The molecule has 7 nitrogen and oxygen atoms in total. The molecule has 0 radical (unpaired) electrons. The lowest BCUT2D eigenvalue weighted by atomic mass is 10.1. The van der Waals surface area contributed by atoms with Crippen molar-refractivity contribution in [2.24, 2.45) is 0 Å². The second-order valence-electron chi connectivity index (χ2n) is 6.49. The zero-order chi connectivity index (χ0) is 21.0. The number of amides is 2. The molecule has 0 spiro atoms. The van der Waals surface area contributed by atoms with Crippen LogP contribution in [0.3, 0.4) is 0 Å². The summed E-state index contributed by atoms with van der Waals surface area (Å²) in [5.41, 5.74) is 1.34. The smallest absolute Gasteiger partial charge is 0.313 e. The molecule has 0 bridgehead atoms. The first-order valence-corrected chi connectivity index (χ1v) is 10.9. The lowest BCUT2D eigenvalue weighted by molar-refractivity contribution is -0.136. The summed E-state index contributed by atoms with van der Waals surface area (Å²) in [4.78, 5) is 24.1. The fourth-order valence-corrected chi connectivity index (χ4v) is 4.77. The average Bonchev–Trinajstić information content (AvgIpc) is 3.03. The number of carbonyl (C=O) groups is 2. The van der Waals surface area contributed by atoms with Crippen molar-refractivity contribution < 1.29 is 22.4 Å². The number of nitrogens with zero attached hydrogens (tertiary/aromatic N) is 1. The molecule has 1 aliphatic rings. The highest BCUT2D eigenvalue weighted by molar-refractivity contribution is 7.93. The molecule has 154 valence electrons. The van der Waals surface area contributed by atoms with Crippen LogP contribution in [0.5, 0.6) is 0 Å². The molecule has 0 atom stereocenters. The molecule has 0 aliphatic carbocycles. The molecule has 1 aliphatic heterocycles. The van der Waals surface area contributed by atoms with Crippen LogP contribution >= 0.6 is 11.6 Å². The SMILES string of the molecule is O=C(NCCc1ccc(F)cc1)C(=O)Nc1ccc(Cl)c(N2CCCS2(=O)=O)c1. The number of anilines is 2. The standard InChI is InChI=1S/C19H19ClFN3O4S/c20-16-7-6-15(12-17(16)24-10-1-11-29(24,27)28)23-19(26)18(25)22-9-8-13-2-4-14(21)5-3-13/h2-7,12H,1,8-11H2,(H,22,25)(H,23,26). The maximum Gasteiger partial charge on any atom is 0.313 e. The third kappa shape index (κ3) is 5.24. The summed E-state index contributed by atoms with van der Waals surface area (Å²) < 4.78 is 38.3. The number of hydrogen-bond donors (Lipinski definition) is 2. The summed E-state index contributed by atoms with van der Waals surface area (Å²) in [5, 5.41) is 5.15. The Kier molecular flexibility index (Phi) is 6.39.